The average molecular weight is 286 g/mol. The van der Waals surface area contributed by atoms with Gasteiger partial charge >= 0.3 is 5.97 Å². The first-order valence-corrected chi connectivity index (χ1v) is 6.25. The Hall–Kier alpha value is -1.75. The largest absolute Gasteiger partial charge is 0.493 e. The third-order valence-electron chi connectivity index (χ3n) is 2.33. The summed E-state index contributed by atoms with van der Waals surface area (Å²) in [5.41, 5.74) is 0.401. The quantitative estimate of drug-likeness (QED) is 0.637. The van der Waals surface area contributed by atoms with E-state index < -0.39 is 11.3 Å². The Morgan fingerprint density at radius 2 is 2.05 bits per heavy atom. The van der Waals surface area contributed by atoms with Crippen LogP contribution in [0, 0.1) is 0 Å². The number of rotatable bonds is 6. The molecule has 0 aromatic heterocycles. The summed E-state index contributed by atoms with van der Waals surface area (Å²) in [6.45, 7) is 2.29. The van der Waals surface area contributed by atoms with Gasteiger partial charge in [0.15, 0.2) is 0 Å². The summed E-state index contributed by atoms with van der Waals surface area (Å²) in [7, 11) is 1.24. The summed E-state index contributed by atoms with van der Waals surface area (Å²) >= 11 is 5.74. The first-order chi connectivity index (χ1) is 9.10. The second-order valence-electron chi connectivity index (χ2n) is 3.63. The van der Waals surface area contributed by atoms with Crippen LogP contribution >= 0.6 is 11.6 Å². The molecule has 0 spiro atoms. The van der Waals surface area contributed by atoms with Crippen LogP contribution in [-0.4, -0.2) is 37.5 Å². The van der Waals surface area contributed by atoms with Gasteiger partial charge in [-0.2, -0.15) is 0 Å². The normalized spacial score (nSPS) is 11.5. The molecule has 0 aliphatic heterocycles. The Morgan fingerprint density at radius 1 is 1.37 bits per heavy atom. The number of nitrogens with one attached hydrogen (secondary N) is 1. The molecule has 0 saturated heterocycles. The van der Waals surface area contributed by atoms with Gasteiger partial charge in [-0.15, -0.1) is 11.6 Å². The van der Waals surface area contributed by atoms with E-state index in [2.05, 4.69) is 10.1 Å². The highest BCUT2D eigenvalue weighted by Gasteiger charge is 2.18. The minimum atomic E-state index is -0.909. The standard InChI is InChI=1S/C13H16ClNO4/c1-3-19-11-7-5-4-6-9(11)12(16)15-8-10(14)13(17)18-2/h4-7,10H,3,8H2,1-2H3,(H,15,16). The zero-order chi connectivity index (χ0) is 14.3. The number of carbonyl (C=O) groups excluding carboxylic acids is 2. The van der Waals surface area contributed by atoms with Gasteiger partial charge in [-0.05, 0) is 19.1 Å². The molecule has 5 nitrogen and oxygen atoms in total. The smallest absolute Gasteiger partial charge is 0.325 e. The number of amides is 1. The summed E-state index contributed by atoms with van der Waals surface area (Å²) in [5, 5.41) is 1.65. The number of ether oxygens (including phenoxy) is 2. The molecule has 1 amide bonds. The van der Waals surface area contributed by atoms with E-state index in [1.54, 1.807) is 24.3 Å². The van der Waals surface area contributed by atoms with Crippen molar-refractivity contribution < 1.29 is 19.1 Å². The van der Waals surface area contributed by atoms with Gasteiger partial charge in [0.25, 0.3) is 5.91 Å². The molecule has 1 aromatic rings. The lowest BCUT2D eigenvalue weighted by Crippen LogP contribution is -2.34. The van der Waals surface area contributed by atoms with Crippen molar-refractivity contribution in [2.24, 2.45) is 0 Å². The fourth-order valence-corrected chi connectivity index (χ4v) is 1.59. The van der Waals surface area contributed by atoms with E-state index in [1.807, 2.05) is 6.92 Å². The number of hydrogen-bond acceptors (Lipinski definition) is 4. The fourth-order valence-electron chi connectivity index (χ4n) is 1.42. The summed E-state index contributed by atoms with van der Waals surface area (Å²) in [5.74, 6) is -0.439. The topological polar surface area (TPSA) is 64.6 Å². The molecule has 1 atom stereocenters. The summed E-state index contributed by atoms with van der Waals surface area (Å²) in [4.78, 5) is 23.1. The molecule has 0 fully saturated rings. The van der Waals surface area contributed by atoms with E-state index in [0.717, 1.165) is 0 Å². The molecule has 0 heterocycles. The van der Waals surface area contributed by atoms with E-state index in [1.165, 1.54) is 7.11 Å². The van der Waals surface area contributed by atoms with Crippen molar-refractivity contribution in [3.63, 3.8) is 0 Å². The maximum atomic E-state index is 12.0. The predicted molar refractivity (Wildman–Crippen MR) is 71.6 cm³/mol. The van der Waals surface area contributed by atoms with Crippen molar-refractivity contribution in [3.8, 4) is 5.75 Å². The van der Waals surface area contributed by atoms with Gasteiger partial charge in [0.1, 0.15) is 11.1 Å². The van der Waals surface area contributed by atoms with Crippen molar-refractivity contribution in [1.29, 1.82) is 0 Å². The summed E-state index contributed by atoms with van der Waals surface area (Å²) < 4.78 is 9.81. The van der Waals surface area contributed by atoms with Gasteiger partial charge < -0.3 is 14.8 Å². The molecule has 1 unspecified atom stereocenters. The maximum absolute atomic E-state index is 12.0. The monoisotopic (exact) mass is 285 g/mol. The Morgan fingerprint density at radius 3 is 2.68 bits per heavy atom. The molecule has 0 saturated carbocycles. The third kappa shape index (κ3) is 4.44. The van der Waals surface area contributed by atoms with E-state index in [9.17, 15) is 9.59 Å². The minimum absolute atomic E-state index is 0.00643. The van der Waals surface area contributed by atoms with Crippen LogP contribution in [0.5, 0.6) is 5.75 Å². The predicted octanol–water partition coefficient (Wildman–Crippen LogP) is 1.60. The number of halogens is 1. The number of alkyl halides is 1. The summed E-state index contributed by atoms with van der Waals surface area (Å²) in [6.07, 6.45) is 0. The fraction of sp³-hybridized carbons (Fsp3) is 0.385. The molecule has 1 rings (SSSR count). The van der Waals surface area contributed by atoms with Crippen molar-refractivity contribution >= 4 is 23.5 Å². The zero-order valence-corrected chi connectivity index (χ0v) is 11.6. The molecule has 1 aromatic carbocycles. The van der Waals surface area contributed by atoms with E-state index in [0.29, 0.717) is 17.9 Å². The first kappa shape index (κ1) is 15.3. The van der Waals surface area contributed by atoms with Crippen molar-refractivity contribution in [2.75, 3.05) is 20.3 Å². The number of methoxy groups -OCH3 is 1. The lowest BCUT2D eigenvalue weighted by atomic mass is 10.2. The highest BCUT2D eigenvalue weighted by Crippen LogP contribution is 2.17. The Balaban J connectivity index is 2.65. The molecule has 1 N–H and O–H groups in total. The molecule has 0 aliphatic carbocycles. The van der Waals surface area contributed by atoms with Crippen molar-refractivity contribution in [2.45, 2.75) is 12.3 Å². The van der Waals surface area contributed by atoms with Gasteiger partial charge in [0, 0.05) is 6.54 Å². The average Bonchev–Trinajstić information content (AvgIpc) is 2.44. The number of hydrogen-bond donors (Lipinski definition) is 1. The van der Waals surface area contributed by atoms with Crippen LogP contribution in [0.25, 0.3) is 0 Å². The SMILES string of the molecule is CCOc1ccccc1C(=O)NCC(Cl)C(=O)OC. The Kier molecular flexibility index (Phi) is 6.15. The van der Waals surface area contributed by atoms with Crippen LogP contribution in [0.15, 0.2) is 24.3 Å². The van der Waals surface area contributed by atoms with Gasteiger partial charge in [-0.25, -0.2) is 0 Å². The van der Waals surface area contributed by atoms with Gasteiger partial charge in [-0.1, -0.05) is 12.1 Å². The van der Waals surface area contributed by atoms with E-state index in [4.69, 9.17) is 16.3 Å². The number of esters is 1. The van der Waals surface area contributed by atoms with Crippen molar-refractivity contribution in [3.05, 3.63) is 29.8 Å². The molecule has 0 aliphatic rings. The molecule has 19 heavy (non-hydrogen) atoms. The molecule has 0 bridgehead atoms. The lowest BCUT2D eigenvalue weighted by molar-refractivity contribution is -0.140. The van der Waals surface area contributed by atoms with Crippen LogP contribution in [0.4, 0.5) is 0 Å². The lowest BCUT2D eigenvalue weighted by Gasteiger charge is -2.12. The molecular weight excluding hydrogens is 270 g/mol. The van der Waals surface area contributed by atoms with Gasteiger partial charge in [-0.3, -0.25) is 9.59 Å². The van der Waals surface area contributed by atoms with E-state index >= 15 is 0 Å². The molecular formula is C13H16ClNO4. The van der Waals surface area contributed by atoms with Crippen LogP contribution in [0.3, 0.4) is 0 Å². The van der Waals surface area contributed by atoms with E-state index in [-0.39, 0.29) is 12.5 Å². The highest BCUT2D eigenvalue weighted by atomic mass is 35.5. The second kappa shape index (κ2) is 7.63. The number of para-hydroxylation sites is 1. The third-order valence-corrected chi connectivity index (χ3v) is 2.66. The maximum Gasteiger partial charge on any atom is 0.325 e. The Bertz CT molecular complexity index is 450. The van der Waals surface area contributed by atoms with Crippen LogP contribution < -0.4 is 10.1 Å². The number of carbonyl (C=O) groups is 2. The van der Waals surface area contributed by atoms with Gasteiger partial charge in [0.2, 0.25) is 0 Å². The van der Waals surface area contributed by atoms with Gasteiger partial charge in [0.05, 0.1) is 19.3 Å². The van der Waals surface area contributed by atoms with Crippen molar-refractivity contribution in [1.82, 2.24) is 5.32 Å². The zero-order valence-electron chi connectivity index (χ0n) is 10.8. The van der Waals surface area contributed by atoms with Crippen LogP contribution in [0.2, 0.25) is 0 Å². The van der Waals surface area contributed by atoms with Crippen LogP contribution in [0.1, 0.15) is 17.3 Å². The molecule has 0 radical (unpaired) electrons. The number of benzene rings is 1. The van der Waals surface area contributed by atoms with Crippen LogP contribution in [-0.2, 0) is 9.53 Å². The second-order valence-corrected chi connectivity index (χ2v) is 4.16. The highest BCUT2D eigenvalue weighted by molar-refractivity contribution is 6.30. The first-order valence-electron chi connectivity index (χ1n) is 5.82. The molecule has 6 heteroatoms. The molecule has 104 valence electrons. The Labute approximate surface area is 116 Å². The minimum Gasteiger partial charge on any atom is -0.493 e. The summed E-state index contributed by atoms with van der Waals surface area (Å²) in [6, 6.07) is 6.86.